The SMILES string of the molecule is CC(C)(C)[Si](C)(C)OC(=O)Cc1cc(O[Si](C)(C)C(C)(C)C)ccc1O[Si](C)(C)C(C)(C)C. The van der Waals surface area contributed by atoms with Crippen LogP contribution in [0.25, 0.3) is 0 Å². The molecule has 190 valence electrons. The van der Waals surface area contributed by atoms with Crippen molar-refractivity contribution in [3.8, 4) is 11.5 Å². The molecule has 0 radical (unpaired) electrons. The van der Waals surface area contributed by atoms with Gasteiger partial charge < -0.3 is 13.3 Å². The van der Waals surface area contributed by atoms with Crippen LogP contribution >= 0.6 is 0 Å². The summed E-state index contributed by atoms with van der Waals surface area (Å²) in [4.78, 5) is 13.1. The van der Waals surface area contributed by atoms with Crippen molar-refractivity contribution in [3.05, 3.63) is 23.8 Å². The second-order valence-electron chi connectivity index (χ2n) is 13.9. The molecule has 0 atom stereocenters. The first-order chi connectivity index (χ1) is 14.4. The van der Waals surface area contributed by atoms with E-state index in [1.165, 1.54) is 0 Å². The lowest BCUT2D eigenvalue weighted by molar-refractivity contribution is -0.134. The van der Waals surface area contributed by atoms with Crippen LogP contribution in [0.3, 0.4) is 0 Å². The molecule has 0 aliphatic heterocycles. The molecule has 0 saturated heterocycles. The van der Waals surface area contributed by atoms with Gasteiger partial charge in [-0.2, -0.15) is 0 Å². The van der Waals surface area contributed by atoms with Gasteiger partial charge in [-0.25, -0.2) is 0 Å². The Bertz CT molecular complexity index is 839. The molecular formula is C26H50O4Si3. The Morgan fingerprint density at radius 2 is 1.12 bits per heavy atom. The van der Waals surface area contributed by atoms with E-state index in [4.69, 9.17) is 13.3 Å². The van der Waals surface area contributed by atoms with Gasteiger partial charge in [-0.15, -0.1) is 0 Å². The van der Waals surface area contributed by atoms with Crippen molar-refractivity contribution in [2.24, 2.45) is 0 Å². The molecule has 0 bridgehead atoms. The topological polar surface area (TPSA) is 44.8 Å². The molecule has 1 aromatic rings. The minimum Gasteiger partial charge on any atom is -0.543 e. The molecule has 1 aromatic carbocycles. The molecule has 0 aliphatic rings. The van der Waals surface area contributed by atoms with Crippen molar-refractivity contribution < 1.29 is 18.1 Å². The second-order valence-corrected chi connectivity index (χ2v) is 28.1. The predicted octanol–water partition coefficient (Wildman–Crippen LogP) is 8.55. The molecule has 0 fully saturated rings. The molecule has 0 amide bonds. The van der Waals surface area contributed by atoms with E-state index in [9.17, 15) is 4.79 Å². The van der Waals surface area contributed by atoms with Crippen LogP contribution in [0, 0.1) is 0 Å². The van der Waals surface area contributed by atoms with E-state index in [0.29, 0.717) is 0 Å². The first kappa shape index (κ1) is 30.0. The Kier molecular flexibility index (Phi) is 8.66. The van der Waals surface area contributed by atoms with E-state index in [-0.39, 0.29) is 27.5 Å². The summed E-state index contributed by atoms with van der Waals surface area (Å²) < 4.78 is 19.3. The van der Waals surface area contributed by atoms with Gasteiger partial charge in [0.05, 0.1) is 6.42 Å². The average molecular weight is 511 g/mol. The molecule has 0 spiro atoms. The Morgan fingerprint density at radius 3 is 1.55 bits per heavy atom. The van der Waals surface area contributed by atoms with Crippen molar-refractivity contribution in [1.82, 2.24) is 0 Å². The molecule has 0 saturated carbocycles. The molecular weight excluding hydrogens is 461 g/mol. The van der Waals surface area contributed by atoms with Crippen LogP contribution in [0.15, 0.2) is 18.2 Å². The minimum absolute atomic E-state index is 0.0313. The first-order valence-electron chi connectivity index (χ1n) is 12.1. The van der Waals surface area contributed by atoms with Gasteiger partial charge in [-0.05, 0) is 72.6 Å². The molecule has 0 unspecified atom stereocenters. The zero-order valence-electron chi connectivity index (χ0n) is 24.1. The fourth-order valence-electron chi connectivity index (χ4n) is 2.36. The summed E-state index contributed by atoms with van der Waals surface area (Å²) in [5, 5.41) is 0.114. The third kappa shape index (κ3) is 7.72. The molecule has 0 aliphatic carbocycles. The average Bonchev–Trinajstić information content (AvgIpc) is 2.53. The van der Waals surface area contributed by atoms with E-state index < -0.39 is 25.0 Å². The minimum atomic E-state index is -2.20. The smallest absolute Gasteiger partial charge is 0.297 e. The maximum atomic E-state index is 13.1. The summed E-state index contributed by atoms with van der Waals surface area (Å²) in [5.41, 5.74) is 0.847. The number of hydrogen-bond donors (Lipinski definition) is 0. The number of carbonyl (C=O) groups is 1. The highest BCUT2D eigenvalue weighted by atomic mass is 28.4. The molecule has 7 heteroatoms. The number of rotatable bonds is 7. The molecule has 0 N–H and O–H groups in total. The normalized spacial score (nSPS) is 14.2. The summed E-state index contributed by atoms with van der Waals surface area (Å²) >= 11 is 0. The lowest BCUT2D eigenvalue weighted by atomic mass is 10.1. The van der Waals surface area contributed by atoms with Crippen LogP contribution < -0.4 is 8.85 Å². The highest BCUT2D eigenvalue weighted by molar-refractivity contribution is 6.76. The van der Waals surface area contributed by atoms with Crippen LogP contribution in [-0.4, -0.2) is 30.9 Å². The van der Waals surface area contributed by atoms with Crippen LogP contribution in [0.4, 0.5) is 0 Å². The monoisotopic (exact) mass is 510 g/mol. The number of benzene rings is 1. The summed E-state index contributed by atoms with van der Waals surface area (Å²) in [6.45, 7) is 32.9. The quantitative estimate of drug-likeness (QED) is 0.345. The van der Waals surface area contributed by atoms with Gasteiger partial charge in [0, 0.05) is 5.56 Å². The number of carbonyl (C=O) groups excluding carboxylic acids is 1. The van der Waals surface area contributed by atoms with Gasteiger partial charge in [0.15, 0.2) is 0 Å². The van der Waals surface area contributed by atoms with Gasteiger partial charge in [0.2, 0.25) is 16.6 Å². The summed E-state index contributed by atoms with van der Waals surface area (Å²) in [5.74, 6) is 1.39. The highest BCUT2D eigenvalue weighted by Crippen LogP contribution is 2.41. The van der Waals surface area contributed by atoms with Crippen molar-refractivity contribution in [3.63, 3.8) is 0 Å². The maximum absolute atomic E-state index is 13.1. The lowest BCUT2D eigenvalue weighted by Crippen LogP contribution is -2.45. The Hall–Kier alpha value is -1.06. The van der Waals surface area contributed by atoms with Gasteiger partial charge >= 0.3 is 0 Å². The first-order valence-corrected chi connectivity index (χ1v) is 20.8. The fourth-order valence-corrected chi connectivity index (χ4v) is 5.39. The Balaban J connectivity index is 3.37. The Morgan fingerprint density at radius 1 is 0.697 bits per heavy atom. The van der Waals surface area contributed by atoms with Crippen molar-refractivity contribution in [1.29, 1.82) is 0 Å². The van der Waals surface area contributed by atoms with Gasteiger partial charge in [-0.1, -0.05) is 62.3 Å². The van der Waals surface area contributed by atoms with Crippen LogP contribution in [0.2, 0.25) is 54.4 Å². The van der Waals surface area contributed by atoms with Gasteiger partial charge in [0.1, 0.15) is 11.5 Å². The van der Waals surface area contributed by atoms with Crippen molar-refractivity contribution >= 4 is 30.9 Å². The van der Waals surface area contributed by atoms with Crippen LogP contribution in [0.5, 0.6) is 11.5 Å². The summed E-state index contributed by atoms with van der Waals surface area (Å²) in [6, 6.07) is 5.97. The van der Waals surface area contributed by atoms with Crippen LogP contribution in [-0.2, 0) is 15.6 Å². The van der Waals surface area contributed by atoms with E-state index in [1.54, 1.807) is 0 Å². The third-order valence-electron chi connectivity index (χ3n) is 7.89. The van der Waals surface area contributed by atoms with Crippen LogP contribution in [0.1, 0.15) is 67.9 Å². The van der Waals surface area contributed by atoms with E-state index >= 15 is 0 Å². The van der Waals surface area contributed by atoms with Crippen molar-refractivity contribution in [2.45, 2.75) is 123 Å². The zero-order valence-corrected chi connectivity index (χ0v) is 27.1. The third-order valence-corrected chi connectivity index (χ3v) is 20.9. The largest absolute Gasteiger partial charge is 0.543 e. The molecule has 4 nitrogen and oxygen atoms in total. The standard InChI is InChI=1S/C26H50O4Si3/c1-24(2,3)31(10,11)28-21-16-17-22(29-32(12,13)25(4,5)6)20(18-21)19-23(27)30-33(14,15)26(7,8)9/h16-18H,19H2,1-15H3. The molecule has 33 heavy (non-hydrogen) atoms. The Labute approximate surface area is 207 Å². The molecule has 0 aromatic heterocycles. The predicted molar refractivity (Wildman–Crippen MR) is 149 cm³/mol. The maximum Gasteiger partial charge on any atom is 0.297 e. The van der Waals surface area contributed by atoms with E-state index in [2.05, 4.69) is 102 Å². The number of hydrogen-bond acceptors (Lipinski definition) is 4. The highest BCUT2D eigenvalue weighted by Gasteiger charge is 2.42. The lowest BCUT2D eigenvalue weighted by Gasteiger charge is -2.38. The van der Waals surface area contributed by atoms with Gasteiger partial charge in [-0.3, -0.25) is 4.79 Å². The second kappa shape index (κ2) is 9.53. The van der Waals surface area contributed by atoms with E-state index in [0.717, 1.165) is 17.1 Å². The molecule has 1 rings (SSSR count). The zero-order chi connectivity index (χ0) is 26.3. The molecule has 0 heterocycles. The van der Waals surface area contributed by atoms with Crippen molar-refractivity contribution in [2.75, 3.05) is 0 Å². The fraction of sp³-hybridized carbons (Fsp3) is 0.731. The summed E-state index contributed by atoms with van der Waals surface area (Å²) in [6.07, 6.45) is 0.186. The van der Waals surface area contributed by atoms with Gasteiger partial charge in [0.25, 0.3) is 14.3 Å². The van der Waals surface area contributed by atoms with E-state index in [1.807, 2.05) is 18.2 Å². The summed E-state index contributed by atoms with van der Waals surface area (Å²) in [7, 11) is -6.28.